The molecule has 0 aliphatic carbocycles. The standard InChI is InChI=1S/C44H29N3O2/c1-3-11-28(12-4-1)42-43(29-13-5-2-6-14-29)46-35-26-32(21-23-34(35)45-42)30-15-9-16-31(25-30)33-22-24-37-41(27-33)49-40-20-10-19-39-44(40)47(37)36-17-7-8-18-38(36)48-39/h1-27,43,46H. The normalized spacial score (nSPS) is 14.9. The summed E-state index contributed by atoms with van der Waals surface area (Å²) in [7, 11) is 0. The van der Waals surface area contributed by atoms with Gasteiger partial charge in [0.1, 0.15) is 5.69 Å². The summed E-state index contributed by atoms with van der Waals surface area (Å²) in [5.74, 6) is 3.20. The minimum Gasteiger partial charge on any atom is -0.453 e. The predicted molar refractivity (Wildman–Crippen MR) is 198 cm³/mol. The van der Waals surface area contributed by atoms with Gasteiger partial charge in [0.05, 0.1) is 34.5 Å². The topological polar surface area (TPSA) is 46.1 Å². The van der Waals surface area contributed by atoms with Crippen molar-refractivity contribution in [3.63, 3.8) is 0 Å². The van der Waals surface area contributed by atoms with Crippen LogP contribution in [0.25, 0.3) is 22.3 Å². The van der Waals surface area contributed by atoms with Crippen LogP contribution in [0.1, 0.15) is 17.2 Å². The number of hydrogen-bond donors (Lipinski definition) is 1. The smallest absolute Gasteiger partial charge is 0.155 e. The molecule has 49 heavy (non-hydrogen) atoms. The molecule has 3 aliphatic rings. The summed E-state index contributed by atoms with van der Waals surface area (Å²) >= 11 is 0. The second-order valence-electron chi connectivity index (χ2n) is 12.5. The van der Waals surface area contributed by atoms with Crippen LogP contribution in [0.2, 0.25) is 0 Å². The van der Waals surface area contributed by atoms with Gasteiger partial charge in [0, 0.05) is 0 Å². The van der Waals surface area contributed by atoms with Crippen molar-refractivity contribution in [2.75, 3.05) is 10.2 Å². The van der Waals surface area contributed by atoms with Crippen LogP contribution in [0.5, 0.6) is 23.0 Å². The third-order valence-electron chi connectivity index (χ3n) is 9.47. The third kappa shape index (κ3) is 4.59. The first kappa shape index (κ1) is 27.5. The van der Waals surface area contributed by atoms with E-state index in [4.69, 9.17) is 14.5 Å². The van der Waals surface area contributed by atoms with E-state index in [1.807, 2.05) is 42.5 Å². The van der Waals surface area contributed by atoms with Crippen LogP contribution >= 0.6 is 0 Å². The third-order valence-corrected chi connectivity index (χ3v) is 9.47. The zero-order chi connectivity index (χ0) is 32.3. The monoisotopic (exact) mass is 631 g/mol. The molecule has 232 valence electrons. The first-order chi connectivity index (χ1) is 24.3. The molecule has 0 fully saturated rings. The van der Waals surface area contributed by atoms with E-state index < -0.39 is 0 Å². The minimum absolute atomic E-state index is 0.0622. The molecule has 1 unspecified atom stereocenters. The van der Waals surface area contributed by atoms with Crippen LogP contribution in [0.3, 0.4) is 0 Å². The summed E-state index contributed by atoms with van der Waals surface area (Å²) in [4.78, 5) is 7.44. The van der Waals surface area contributed by atoms with Crippen LogP contribution in [0, 0.1) is 0 Å². The van der Waals surface area contributed by atoms with Gasteiger partial charge >= 0.3 is 0 Å². The maximum atomic E-state index is 6.52. The minimum atomic E-state index is -0.0622. The summed E-state index contributed by atoms with van der Waals surface area (Å²) < 4.78 is 12.8. The number of ether oxygens (including phenoxy) is 2. The van der Waals surface area contributed by atoms with Crippen molar-refractivity contribution in [2.45, 2.75) is 6.04 Å². The molecule has 10 rings (SSSR count). The van der Waals surface area contributed by atoms with Crippen LogP contribution in [0.4, 0.5) is 28.4 Å². The number of nitrogens with zero attached hydrogens (tertiary/aromatic N) is 2. The average molecular weight is 632 g/mol. The molecule has 0 aromatic heterocycles. The number of rotatable bonds is 4. The number of para-hydroxylation sites is 3. The first-order valence-corrected chi connectivity index (χ1v) is 16.5. The van der Waals surface area contributed by atoms with E-state index in [0.717, 1.165) is 85.0 Å². The number of fused-ring (bicyclic) bond motifs is 5. The number of hydrogen-bond acceptors (Lipinski definition) is 5. The van der Waals surface area contributed by atoms with E-state index >= 15 is 0 Å². The number of aliphatic imine (C=N–C) groups is 1. The quantitative estimate of drug-likeness (QED) is 0.210. The molecular formula is C44H29N3O2. The number of nitrogens with one attached hydrogen (secondary N) is 1. The SMILES string of the molecule is c1ccc(C2=Nc3ccc(-c4cccc(-c5ccc6c(c5)Oc5cccc7c5N6c5ccccc5O7)c4)cc3NC2c2ccccc2)cc1. The molecule has 7 aromatic carbocycles. The van der Waals surface area contributed by atoms with Crippen molar-refractivity contribution >= 4 is 34.1 Å². The summed E-state index contributed by atoms with van der Waals surface area (Å²) in [6, 6.07) is 56.6. The van der Waals surface area contributed by atoms with Crippen molar-refractivity contribution in [1.82, 2.24) is 0 Å². The Balaban J connectivity index is 1.01. The maximum absolute atomic E-state index is 6.52. The highest BCUT2D eigenvalue weighted by molar-refractivity contribution is 6.10. The molecular weight excluding hydrogens is 603 g/mol. The molecule has 5 heteroatoms. The Hall–Kier alpha value is -6.59. The molecule has 5 nitrogen and oxygen atoms in total. The average Bonchev–Trinajstić information content (AvgIpc) is 3.17. The first-order valence-electron chi connectivity index (χ1n) is 16.5. The zero-order valence-corrected chi connectivity index (χ0v) is 26.4. The second-order valence-corrected chi connectivity index (χ2v) is 12.5. The van der Waals surface area contributed by atoms with Gasteiger partial charge in [-0.3, -0.25) is 4.90 Å². The lowest BCUT2D eigenvalue weighted by atomic mass is 9.93. The molecule has 0 radical (unpaired) electrons. The summed E-state index contributed by atoms with van der Waals surface area (Å²) in [5.41, 5.74) is 12.6. The fourth-order valence-corrected chi connectivity index (χ4v) is 7.14. The summed E-state index contributed by atoms with van der Waals surface area (Å²) in [5, 5.41) is 3.83. The predicted octanol–water partition coefficient (Wildman–Crippen LogP) is 12.0. The number of benzene rings is 7. The lowest BCUT2D eigenvalue weighted by Crippen LogP contribution is -2.24. The highest BCUT2D eigenvalue weighted by atomic mass is 16.5. The molecule has 0 amide bonds. The highest BCUT2D eigenvalue weighted by Crippen LogP contribution is 2.59. The Morgan fingerprint density at radius 2 is 1.06 bits per heavy atom. The Kier molecular flexibility index (Phi) is 6.18. The molecule has 1 N–H and O–H groups in total. The summed E-state index contributed by atoms with van der Waals surface area (Å²) in [6.45, 7) is 0. The van der Waals surface area contributed by atoms with Crippen molar-refractivity contribution in [2.24, 2.45) is 4.99 Å². The van der Waals surface area contributed by atoms with Crippen LogP contribution in [-0.2, 0) is 0 Å². The van der Waals surface area contributed by atoms with Gasteiger partial charge in [-0.05, 0) is 88.0 Å². The van der Waals surface area contributed by atoms with Gasteiger partial charge in [-0.25, -0.2) is 4.99 Å². The van der Waals surface area contributed by atoms with Crippen LogP contribution in [-0.4, -0.2) is 5.71 Å². The molecule has 3 aliphatic heterocycles. The molecule has 0 saturated carbocycles. The van der Waals surface area contributed by atoms with E-state index in [1.165, 1.54) is 5.56 Å². The Morgan fingerprint density at radius 1 is 0.469 bits per heavy atom. The molecule has 1 atom stereocenters. The molecule has 7 aromatic rings. The Morgan fingerprint density at radius 3 is 1.88 bits per heavy atom. The Bertz CT molecular complexity index is 2440. The van der Waals surface area contributed by atoms with Crippen LogP contribution < -0.4 is 19.7 Å². The fraction of sp³-hybridized carbons (Fsp3) is 0.0227. The van der Waals surface area contributed by atoms with E-state index in [-0.39, 0.29) is 6.04 Å². The largest absolute Gasteiger partial charge is 0.453 e. The van der Waals surface area contributed by atoms with Gasteiger partial charge in [-0.2, -0.15) is 0 Å². The van der Waals surface area contributed by atoms with E-state index in [9.17, 15) is 0 Å². The highest BCUT2D eigenvalue weighted by Gasteiger charge is 2.34. The van der Waals surface area contributed by atoms with Gasteiger partial charge in [-0.15, -0.1) is 0 Å². The lowest BCUT2D eigenvalue weighted by molar-refractivity contribution is 0.446. The van der Waals surface area contributed by atoms with Gasteiger partial charge in [0.15, 0.2) is 23.0 Å². The van der Waals surface area contributed by atoms with Crippen molar-refractivity contribution < 1.29 is 9.47 Å². The van der Waals surface area contributed by atoms with Crippen molar-refractivity contribution in [3.05, 3.63) is 175 Å². The van der Waals surface area contributed by atoms with Crippen molar-refractivity contribution in [1.29, 1.82) is 0 Å². The van der Waals surface area contributed by atoms with E-state index in [1.54, 1.807) is 0 Å². The zero-order valence-electron chi connectivity index (χ0n) is 26.4. The van der Waals surface area contributed by atoms with Gasteiger partial charge in [0.2, 0.25) is 0 Å². The van der Waals surface area contributed by atoms with E-state index in [0.29, 0.717) is 0 Å². The van der Waals surface area contributed by atoms with Gasteiger partial charge < -0.3 is 14.8 Å². The fourth-order valence-electron chi connectivity index (χ4n) is 7.14. The van der Waals surface area contributed by atoms with Crippen molar-refractivity contribution in [3.8, 4) is 45.3 Å². The molecule has 0 spiro atoms. The number of anilines is 4. The molecule has 0 bridgehead atoms. The Labute approximate surface area is 284 Å². The lowest BCUT2D eigenvalue weighted by Gasteiger charge is -2.37. The van der Waals surface area contributed by atoms with Gasteiger partial charge in [-0.1, -0.05) is 109 Å². The maximum Gasteiger partial charge on any atom is 0.155 e. The summed E-state index contributed by atoms with van der Waals surface area (Å²) in [6.07, 6.45) is 0. The molecule has 0 saturated heterocycles. The van der Waals surface area contributed by atoms with E-state index in [2.05, 4.69) is 132 Å². The molecule has 3 heterocycles. The second kappa shape index (κ2) is 11.0. The van der Waals surface area contributed by atoms with Crippen LogP contribution in [0.15, 0.2) is 169 Å². The van der Waals surface area contributed by atoms with Gasteiger partial charge in [0.25, 0.3) is 0 Å².